The lowest BCUT2D eigenvalue weighted by Gasteiger charge is -2.14. The largest absolute Gasteiger partial charge is 0.325 e. The number of H-pyrrole nitrogens is 1. The summed E-state index contributed by atoms with van der Waals surface area (Å²) in [5.41, 5.74) is 3.60. The molecule has 4 rings (SSSR count). The van der Waals surface area contributed by atoms with Crippen LogP contribution < -0.4 is 10.9 Å². The van der Waals surface area contributed by atoms with E-state index < -0.39 is 0 Å². The Labute approximate surface area is 188 Å². The molecule has 7 heteroatoms. The van der Waals surface area contributed by atoms with Gasteiger partial charge in [-0.2, -0.15) is 0 Å². The number of aryl methyl sites for hydroxylation is 2. The highest BCUT2D eigenvalue weighted by Crippen LogP contribution is 2.36. The van der Waals surface area contributed by atoms with Crippen molar-refractivity contribution in [2.45, 2.75) is 37.6 Å². The highest BCUT2D eigenvalue weighted by atomic mass is 32.2. The van der Waals surface area contributed by atoms with Crippen molar-refractivity contribution in [2.24, 2.45) is 0 Å². The summed E-state index contributed by atoms with van der Waals surface area (Å²) in [6.45, 7) is 5.94. The zero-order valence-corrected chi connectivity index (χ0v) is 19.2. The fraction of sp³-hybridized carbons (Fsp3) is 0.208. The monoisotopic (exact) mass is 449 g/mol. The molecule has 0 fully saturated rings. The smallest absolute Gasteiger partial charge is 0.260 e. The quantitative estimate of drug-likeness (QED) is 0.289. The van der Waals surface area contributed by atoms with E-state index in [2.05, 4.69) is 15.3 Å². The molecule has 1 atom stereocenters. The van der Waals surface area contributed by atoms with E-state index in [0.717, 1.165) is 27.3 Å². The van der Waals surface area contributed by atoms with Crippen LogP contribution in [0.15, 0.2) is 64.5 Å². The molecule has 4 aromatic rings. The number of rotatable bonds is 6. The molecule has 0 bridgehead atoms. The second kappa shape index (κ2) is 9.08. The van der Waals surface area contributed by atoms with Crippen LogP contribution in [0.5, 0.6) is 0 Å². The highest BCUT2D eigenvalue weighted by Gasteiger charge is 2.22. The Bertz CT molecular complexity index is 1300. The lowest BCUT2D eigenvalue weighted by Crippen LogP contribution is -2.25. The molecule has 2 aromatic heterocycles. The summed E-state index contributed by atoms with van der Waals surface area (Å²) in [7, 11) is 0. The Morgan fingerprint density at radius 3 is 2.65 bits per heavy atom. The van der Waals surface area contributed by atoms with Crippen LogP contribution in [0.25, 0.3) is 21.3 Å². The minimum atomic E-state index is -0.365. The summed E-state index contributed by atoms with van der Waals surface area (Å²) < 4.78 is 0. The molecule has 0 spiro atoms. The Morgan fingerprint density at radius 1 is 1.16 bits per heavy atom. The molecule has 0 saturated heterocycles. The number of benzene rings is 2. The van der Waals surface area contributed by atoms with Crippen LogP contribution in [-0.2, 0) is 4.79 Å². The first-order chi connectivity index (χ1) is 15.0. The predicted molar refractivity (Wildman–Crippen MR) is 130 cm³/mol. The van der Waals surface area contributed by atoms with Gasteiger partial charge in [0.1, 0.15) is 4.83 Å². The van der Waals surface area contributed by atoms with Crippen molar-refractivity contribution in [3.8, 4) is 11.1 Å². The number of thiophene rings is 1. The third kappa shape index (κ3) is 4.57. The van der Waals surface area contributed by atoms with Gasteiger partial charge in [-0.05, 0) is 43.5 Å². The van der Waals surface area contributed by atoms with Crippen LogP contribution in [0, 0.1) is 13.8 Å². The van der Waals surface area contributed by atoms with Gasteiger partial charge < -0.3 is 10.3 Å². The van der Waals surface area contributed by atoms with Crippen molar-refractivity contribution < 1.29 is 4.79 Å². The number of aromatic amines is 1. The number of amides is 1. The van der Waals surface area contributed by atoms with Crippen molar-refractivity contribution >= 4 is 44.9 Å². The average Bonchev–Trinajstić information content (AvgIpc) is 3.08. The Balaban J connectivity index is 1.62. The molecular formula is C24H23N3O2S2. The lowest BCUT2D eigenvalue weighted by atomic mass is 10.0. The number of nitrogens with zero attached hydrogens (tertiary/aromatic N) is 1. The van der Waals surface area contributed by atoms with E-state index in [0.29, 0.717) is 21.8 Å². The molecule has 2 aromatic carbocycles. The van der Waals surface area contributed by atoms with E-state index in [1.54, 1.807) is 0 Å². The number of carbonyl (C=O) groups is 1. The van der Waals surface area contributed by atoms with E-state index >= 15 is 0 Å². The van der Waals surface area contributed by atoms with Gasteiger partial charge in [-0.1, -0.05) is 61.2 Å². The van der Waals surface area contributed by atoms with Gasteiger partial charge in [-0.25, -0.2) is 4.98 Å². The fourth-order valence-corrected chi connectivity index (χ4v) is 5.51. The molecule has 0 aliphatic rings. The number of hydrogen-bond donors (Lipinski definition) is 2. The van der Waals surface area contributed by atoms with Crippen LogP contribution in [0.2, 0.25) is 0 Å². The minimum absolute atomic E-state index is 0.104. The molecule has 1 amide bonds. The summed E-state index contributed by atoms with van der Waals surface area (Å²) in [6.07, 6.45) is 0.614. The Kier molecular flexibility index (Phi) is 6.25. The van der Waals surface area contributed by atoms with Crippen LogP contribution in [0.1, 0.15) is 23.8 Å². The molecule has 0 radical (unpaired) electrons. The molecule has 158 valence electrons. The van der Waals surface area contributed by atoms with Gasteiger partial charge in [0.25, 0.3) is 5.56 Å². The van der Waals surface area contributed by atoms with Gasteiger partial charge in [0.2, 0.25) is 5.91 Å². The van der Waals surface area contributed by atoms with Gasteiger partial charge >= 0.3 is 0 Å². The summed E-state index contributed by atoms with van der Waals surface area (Å²) in [6, 6.07) is 17.6. The maximum atomic E-state index is 13.0. The Hall–Kier alpha value is -2.90. The first kappa shape index (κ1) is 21.3. The second-order valence-corrected chi connectivity index (χ2v) is 9.72. The van der Waals surface area contributed by atoms with Gasteiger partial charge in [-0.15, -0.1) is 11.3 Å². The number of hydrogen-bond acceptors (Lipinski definition) is 5. The minimum Gasteiger partial charge on any atom is -0.325 e. The zero-order valence-electron chi connectivity index (χ0n) is 17.6. The van der Waals surface area contributed by atoms with Gasteiger partial charge in [0, 0.05) is 16.1 Å². The first-order valence-corrected chi connectivity index (χ1v) is 11.8. The molecule has 0 saturated carbocycles. The van der Waals surface area contributed by atoms with E-state index in [4.69, 9.17) is 0 Å². The topological polar surface area (TPSA) is 74.8 Å². The van der Waals surface area contributed by atoms with Crippen LogP contribution in [-0.4, -0.2) is 21.1 Å². The SMILES string of the molecule is CCC(Sc1nc2sc(C)c(-c3ccccc3)c2c(=O)[nH]1)C(=O)Nc1cccc(C)c1. The number of nitrogens with one attached hydrogen (secondary N) is 2. The summed E-state index contributed by atoms with van der Waals surface area (Å²) in [5.74, 6) is -0.104. The van der Waals surface area contributed by atoms with Gasteiger partial charge in [-0.3, -0.25) is 9.59 Å². The molecule has 31 heavy (non-hydrogen) atoms. The Morgan fingerprint density at radius 2 is 1.94 bits per heavy atom. The number of fused-ring (bicyclic) bond motifs is 1. The maximum absolute atomic E-state index is 13.0. The fourth-order valence-electron chi connectivity index (χ4n) is 3.51. The third-order valence-corrected chi connectivity index (χ3v) is 7.23. The first-order valence-electron chi connectivity index (χ1n) is 10.1. The van der Waals surface area contributed by atoms with Crippen molar-refractivity contribution in [1.82, 2.24) is 9.97 Å². The summed E-state index contributed by atoms with van der Waals surface area (Å²) in [4.78, 5) is 35.1. The summed E-state index contributed by atoms with van der Waals surface area (Å²) >= 11 is 2.79. The van der Waals surface area contributed by atoms with E-state index in [-0.39, 0.29) is 16.7 Å². The van der Waals surface area contributed by atoms with Crippen molar-refractivity contribution in [3.05, 3.63) is 75.4 Å². The van der Waals surface area contributed by atoms with Crippen LogP contribution >= 0.6 is 23.1 Å². The number of thioether (sulfide) groups is 1. The molecule has 0 aliphatic carbocycles. The number of anilines is 1. The predicted octanol–water partition coefficient (Wildman–Crippen LogP) is 5.78. The van der Waals surface area contributed by atoms with Crippen LogP contribution in [0.4, 0.5) is 5.69 Å². The van der Waals surface area contributed by atoms with Crippen molar-refractivity contribution in [1.29, 1.82) is 0 Å². The lowest BCUT2D eigenvalue weighted by molar-refractivity contribution is -0.115. The van der Waals surface area contributed by atoms with Gasteiger partial charge in [0.05, 0.1) is 10.6 Å². The van der Waals surface area contributed by atoms with E-state index in [1.165, 1.54) is 23.1 Å². The molecule has 2 heterocycles. The standard InChI is InChI=1S/C24H23N3O2S2/c1-4-18(21(28)25-17-12-8-9-14(2)13-17)31-24-26-22(29)20-19(15(3)30-23(20)27-24)16-10-6-5-7-11-16/h5-13,18H,4H2,1-3H3,(H,25,28)(H,26,27,29). The van der Waals surface area contributed by atoms with Gasteiger partial charge in [0.15, 0.2) is 5.16 Å². The average molecular weight is 450 g/mol. The molecule has 0 aliphatic heterocycles. The molecule has 2 N–H and O–H groups in total. The zero-order chi connectivity index (χ0) is 22.0. The van der Waals surface area contributed by atoms with Crippen molar-refractivity contribution in [3.63, 3.8) is 0 Å². The highest BCUT2D eigenvalue weighted by molar-refractivity contribution is 8.00. The maximum Gasteiger partial charge on any atom is 0.260 e. The van der Waals surface area contributed by atoms with E-state index in [9.17, 15) is 9.59 Å². The van der Waals surface area contributed by atoms with Crippen molar-refractivity contribution in [2.75, 3.05) is 5.32 Å². The van der Waals surface area contributed by atoms with E-state index in [1.807, 2.05) is 75.4 Å². The normalized spacial score (nSPS) is 12.1. The third-order valence-electron chi connectivity index (χ3n) is 4.98. The second-order valence-electron chi connectivity index (χ2n) is 7.32. The molecule has 1 unspecified atom stereocenters. The van der Waals surface area contributed by atoms with Crippen LogP contribution in [0.3, 0.4) is 0 Å². The number of carbonyl (C=O) groups excluding carboxylic acids is 1. The molecular weight excluding hydrogens is 426 g/mol. The number of aromatic nitrogens is 2. The molecule has 5 nitrogen and oxygen atoms in total. The summed E-state index contributed by atoms with van der Waals surface area (Å²) in [5, 5.41) is 3.67.